The zero-order valence-electron chi connectivity index (χ0n) is 13.3. The molecule has 0 saturated carbocycles. The highest BCUT2D eigenvalue weighted by Gasteiger charge is 1.99. The number of hydrogen-bond acceptors (Lipinski definition) is 3. The first-order chi connectivity index (χ1) is 10.0. The van der Waals surface area contributed by atoms with Crippen LogP contribution < -0.4 is 15.0 Å². The number of hydrogen-bond donors (Lipinski definition) is 1. The largest absolute Gasteiger partial charge is 0.491 e. The van der Waals surface area contributed by atoms with Crippen LogP contribution in [-0.4, -0.2) is 20.2 Å². The maximum atomic E-state index is 5.64. The molecule has 1 N–H and O–H groups in total. The second kappa shape index (κ2) is 7.02. The van der Waals surface area contributed by atoms with E-state index in [-0.39, 0.29) is 6.10 Å². The van der Waals surface area contributed by atoms with Crippen LogP contribution in [0.15, 0.2) is 48.5 Å². The lowest BCUT2D eigenvalue weighted by Gasteiger charge is -2.14. The molecule has 2 aromatic rings. The maximum absolute atomic E-state index is 5.64. The molecule has 0 aliphatic carbocycles. The van der Waals surface area contributed by atoms with Crippen molar-refractivity contribution >= 4 is 11.4 Å². The van der Waals surface area contributed by atoms with Gasteiger partial charge < -0.3 is 15.0 Å². The van der Waals surface area contributed by atoms with E-state index in [0.29, 0.717) is 0 Å². The van der Waals surface area contributed by atoms with E-state index in [1.54, 1.807) is 0 Å². The van der Waals surface area contributed by atoms with Crippen molar-refractivity contribution in [1.82, 2.24) is 0 Å². The van der Waals surface area contributed by atoms with E-state index in [1.165, 1.54) is 11.3 Å². The molecule has 0 aromatic heterocycles. The minimum absolute atomic E-state index is 0.212. The van der Waals surface area contributed by atoms with E-state index >= 15 is 0 Å². The summed E-state index contributed by atoms with van der Waals surface area (Å²) in [5, 5.41) is 3.43. The zero-order valence-corrected chi connectivity index (χ0v) is 13.3. The van der Waals surface area contributed by atoms with Crippen LogP contribution in [0.3, 0.4) is 0 Å². The molecule has 3 nitrogen and oxygen atoms in total. The lowest BCUT2D eigenvalue weighted by atomic mass is 10.2. The van der Waals surface area contributed by atoms with Crippen LogP contribution in [0.2, 0.25) is 0 Å². The van der Waals surface area contributed by atoms with Crippen LogP contribution in [0.4, 0.5) is 11.4 Å². The van der Waals surface area contributed by atoms with Crippen molar-refractivity contribution in [2.75, 3.05) is 24.3 Å². The molecule has 0 amide bonds. The van der Waals surface area contributed by atoms with Crippen molar-refractivity contribution < 1.29 is 4.74 Å². The maximum Gasteiger partial charge on any atom is 0.119 e. The highest BCUT2D eigenvalue weighted by molar-refractivity contribution is 5.54. The fourth-order valence-electron chi connectivity index (χ4n) is 2.04. The third-order valence-electron chi connectivity index (χ3n) is 3.18. The molecule has 0 radical (unpaired) electrons. The fraction of sp³-hybridized carbons (Fsp3) is 0.333. The Labute approximate surface area is 127 Å². The molecule has 0 spiro atoms. The Morgan fingerprint density at radius 2 is 1.57 bits per heavy atom. The zero-order chi connectivity index (χ0) is 15.2. The Morgan fingerprint density at radius 3 is 2.10 bits per heavy atom. The highest BCUT2D eigenvalue weighted by atomic mass is 16.5. The van der Waals surface area contributed by atoms with Gasteiger partial charge in [0.05, 0.1) is 6.10 Å². The first-order valence-corrected chi connectivity index (χ1v) is 7.31. The predicted octanol–water partition coefficient (Wildman–Crippen LogP) is 4.15. The number of anilines is 2. The van der Waals surface area contributed by atoms with Crippen molar-refractivity contribution in [2.24, 2.45) is 0 Å². The number of nitrogens with one attached hydrogen (secondary N) is 1. The van der Waals surface area contributed by atoms with Crippen LogP contribution in [0.25, 0.3) is 0 Å². The van der Waals surface area contributed by atoms with Crippen LogP contribution in [-0.2, 0) is 6.54 Å². The van der Waals surface area contributed by atoms with E-state index in [4.69, 9.17) is 4.74 Å². The van der Waals surface area contributed by atoms with Crippen LogP contribution in [0.5, 0.6) is 5.75 Å². The van der Waals surface area contributed by atoms with Crippen LogP contribution in [0, 0.1) is 0 Å². The summed E-state index contributed by atoms with van der Waals surface area (Å²) < 4.78 is 5.64. The normalized spacial score (nSPS) is 10.5. The molecular weight excluding hydrogens is 260 g/mol. The van der Waals surface area contributed by atoms with Gasteiger partial charge in [-0.3, -0.25) is 0 Å². The second-order valence-corrected chi connectivity index (χ2v) is 5.61. The van der Waals surface area contributed by atoms with E-state index in [0.717, 1.165) is 18.0 Å². The predicted molar refractivity (Wildman–Crippen MR) is 90.3 cm³/mol. The third-order valence-corrected chi connectivity index (χ3v) is 3.18. The molecule has 2 rings (SSSR count). The second-order valence-electron chi connectivity index (χ2n) is 5.61. The smallest absolute Gasteiger partial charge is 0.119 e. The molecule has 0 unspecified atom stereocenters. The Hall–Kier alpha value is -2.16. The first kappa shape index (κ1) is 15.2. The average molecular weight is 284 g/mol. The van der Waals surface area contributed by atoms with Gasteiger partial charge in [0.1, 0.15) is 5.75 Å². The van der Waals surface area contributed by atoms with Crippen molar-refractivity contribution in [3.05, 3.63) is 54.1 Å². The summed E-state index contributed by atoms with van der Waals surface area (Å²) in [4.78, 5) is 2.09. The Balaban J connectivity index is 1.90. The lowest BCUT2D eigenvalue weighted by molar-refractivity contribution is 0.242. The summed E-state index contributed by atoms with van der Waals surface area (Å²) in [5.74, 6) is 0.920. The van der Waals surface area contributed by atoms with Gasteiger partial charge in [-0.25, -0.2) is 0 Å². The quantitative estimate of drug-likeness (QED) is 0.862. The molecule has 0 aliphatic heterocycles. The summed E-state index contributed by atoms with van der Waals surface area (Å²) in [7, 11) is 4.09. The Bertz CT molecular complexity index is 544. The van der Waals surface area contributed by atoms with Gasteiger partial charge in [0.2, 0.25) is 0 Å². The molecular formula is C18H24N2O. The van der Waals surface area contributed by atoms with Gasteiger partial charge in [-0.1, -0.05) is 12.1 Å². The Kier molecular flexibility index (Phi) is 5.09. The van der Waals surface area contributed by atoms with Gasteiger partial charge in [0.15, 0.2) is 0 Å². The van der Waals surface area contributed by atoms with Gasteiger partial charge >= 0.3 is 0 Å². The van der Waals surface area contributed by atoms with E-state index in [2.05, 4.69) is 46.6 Å². The molecule has 0 atom stereocenters. The van der Waals surface area contributed by atoms with Crippen molar-refractivity contribution in [3.8, 4) is 5.75 Å². The minimum atomic E-state index is 0.212. The highest BCUT2D eigenvalue weighted by Crippen LogP contribution is 2.18. The molecule has 2 aromatic carbocycles. The van der Waals surface area contributed by atoms with Gasteiger partial charge in [0, 0.05) is 32.0 Å². The standard InChI is InChI=1S/C18H24N2O/c1-14(2)21-18-11-5-15(6-12-18)13-19-16-7-9-17(10-8-16)20(3)4/h5-12,14,19H,13H2,1-4H3. The van der Waals surface area contributed by atoms with Crippen molar-refractivity contribution in [1.29, 1.82) is 0 Å². The molecule has 0 aliphatic rings. The van der Waals surface area contributed by atoms with Gasteiger partial charge in [-0.15, -0.1) is 0 Å². The lowest BCUT2D eigenvalue weighted by Crippen LogP contribution is -2.08. The molecule has 0 heterocycles. The number of nitrogens with zero attached hydrogens (tertiary/aromatic N) is 1. The topological polar surface area (TPSA) is 24.5 Å². The van der Waals surface area contributed by atoms with Gasteiger partial charge in [-0.05, 0) is 55.8 Å². The minimum Gasteiger partial charge on any atom is -0.491 e. The monoisotopic (exact) mass is 284 g/mol. The SMILES string of the molecule is CC(C)Oc1ccc(CNc2ccc(N(C)C)cc2)cc1. The fourth-order valence-corrected chi connectivity index (χ4v) is 2.04. The van der Waals surface area contributed by atoms with Crippen LogP contribution in [0.1, 0.15) is 19.4 Å². The van der Waals surface area contributed by atoms with Crippen molar-refractivity contribution in [3.63, 3.8) is 0 Å². The average Bonchev–Trinajstić information content (AvgIpc) is 2.46. The summed E-state index contributed by atoms with van der Waals surface area (Å²) in [6, 6.07) is 16.7. The van der Waals surface area contributed by atoms with Crippen LogP contribution >= 0.6 is 0 Å². The molecule has 3 heteroatoms. The number of ether oxygens (including phenoxy) is 1. The van der Waals surface area contributed by atoms with E-state index < -0.39 is 0 Å². The van der Waals surface area contributed by atoms with Crippen molar-refractivity contribution in [2.45, 2.75) is 26.5 Å². The first-order valence-electron chi connectivity index (χ1n) is 7.31. The summed E-state index contributed by atoms with van der Waals surface area (Å²) in [5.41, 5.74) is 3.57. The van der Waals surface area contributed by atoms with E-state index in [9.17, 15) is 0 Å². The van der Waals surface area contributed by atoms with E-state index in [1.807, 2.05) is 40.1 Å². The van der Waals surface area contributed by atoms with Gasteiger partial charge in [0.25, 0.3) is 0 Å². The molecule has 0 saturated heterocycles. The molecule has 112 valence electrons. The third kappa shape index (κ3) is 4.71. The summed E-state index contributed by atoms with van der Waals surface area (Å²) >= 11 is 0. The summed E-state index contributed by atoms with van der Waals surface area (Å²) in [6.45, 7) is 4.88. The summed E-state index contributed by atoms with van der Waals surface area (Å²) in [6.07, 6.45) is 0.212. The van der Waals surface area contributed by atoms with Gasteiger partial charge in [-0.2, -0.15) is 0 Å². The molecule has 21 heavy (non-hydrogen) atoms. The molecule has 0 bridgehead atoms. The Morgan fingerprint density at radius 1 is 0.952 bits per heavy atom. The number of rotatable bonds is 6. The number of benzene rings is 2. The molecule has 0 fully saturated rings.